The van der Waals surface area contributed by atoms with Gasteiger partial charge in [-0.25, -0.2) is 4.79 Å². The topological polar surface area (TPSA) is 23.6 Å². The Labute approximate surface area is 109 Å². The number of carbonyl (C=O) groups excluding carboxylic acids is 1. The summed E-state index contributed by atoms with van der Waals surface area (Å²) in [6, 6.07) is 4.96. The number of nitrogens with zero attached hydrogens (tertiary/aromatic N) is 2. The average Bonchev–Trinajstić information content (AvgIpc) is 2.55. The van der Waals surface area contributed by atoms with E-state index in [1.165, 1.54) is 6.07 Å². The van der Waals surface area contributed by atoms with E-state index >= 15 is 0 Å². The van der Waals surface area contributed by atoms with Crippen LogP contribution < -0.4 is 0 Å². The van der Waals surface area contributed by atoms with E-state index in [-0.39, 0.29) is 18.6 Å². The van der Waals surface area contributed by atoms with Crippen molar-refractivity contribution in [2.24, 2.45) is 0 Å². The lowest BCUT2D eigenvalue weighted by Gasteiger charge is -2.20. The Hall–Kier alpha value is -1.72. The Balaban J connectivity index is 2.18. The smallest absolute Gasteiger partial charge is 0.326 e. The van der Waals surface area contributed by atoms with Crippen molar-refractivity contribution in [3.8, 4) is 0 Å². The molecule has 0 spiro atoms. The van der Waals surface area contributed by atoms with Gasteiger partial charge >= 0.3 is 12.2 Å². The zero-order chi connectivity index (χ0) is 14.2. The van der Waals surface area contributed by atoms with E-state index < -0.39 is 11.7 Å². The highest BCUT2D eigenvalue weighted by Gasteiger charge is 2.33. The zero-order valence-electron chi connectivity index (χ0n) is 10.7. The SMILES string of the molecule is CC1CN(C)C(=O)N1Cc1cccc(C(F)(F)F)c1. The summed E-state index contributed by atoms with van der Waals surface area (Å²) in [5.74, 6) is 0. The number of hydrogen-bond acceptors (Lipinski definition) is 1. The molecule has 2 amide bonds. The summed E-state index contributed by atoms with van der Waals surface area (Å²) < 4.78 is 37.8. The molecule has 1 atom stereocenters. The second kappa shape index (κ2) is 4.75. The molecule has 0 N–H and O–H groups in total. The Bertz CT molecular complexity index is 487. The molecule has 3 nitrogen and oxygen atoms in total. The lowest BCUT2D eigenvalue weighted by Crippen LogP contribution is -2.32. The predicted molar refractivity (Wildman–Crippen MR) is 64.5 cm³/mol. The van der Waals surface area contributed by atoms with Crippen LogP contribution in [0.25, 0.3) is 0 Å². The molecule has 0 bridgehead atoms. The van der Waals surface area contributed by atoms with Gasteiger partial charge in [0.05, 0.1) is 5.56 Å². The fourth-order valence-electron chi connectivity index (χ4n) is 2.25. The summed E-state index contributed by atoms with van der Waals surface area (Å²) in [5.41, 5.74) is -0.192. The lowest BCUT2D eigenvalue weighted by atomic mass is 10.1. The van der Waals surface area contributed by atoms with Crippen LogP contribution in [-0.2, 0) is 12.7 Å². The Morgan fingerprint density at radius 2 is 2.05 bits per heavy atom. The third kappa shape index (κ3) is 2.83. The third-order valence-electron chi connectivity index (χ3n) is 3.25. The minimum Gasteiger partial charge on any atom is -0.326 e. The first-order valence-corrected chi connectivity index (χ1v) is 5.97. The molecule has 0 radical (unpaired) electrons. The summed E-state index contributed by atoms with van der Waals surface area (Å²) in [6.07, 6.45) is -4.35. The van der Waals surface area contributed by atoms with Crippen molar-refractivity contribution in [3.63, 3.8) is 0 Å². The Morgan fingerprint density at radius 3 is 2.58 bits per heavy atom. The minimum absolute atomic E-state index is 0.00652. The second-order valence-corrected chi connectivity index (χ2v) is 4.84. The molecule has 1 heterocycles. The van der Waals surface area contributed by atoms with Gasteiger partial charge in [-0.1, -0.05) is 12.1 Å². The van der Waals surface area contributed by atoms with Crippen LogP contribution in [0.1, 0.15) is 18.1 Å². The first kappa shape index (κ1) is 13.7. The standard InChI is InChI=1S/C13H15F3N2O/c1-9-7-17(2)12(19)18(9)8-10-4-3-5-11(6-10)13(14,15)16/h3-6,9H,7-8H2,1-2H3. The van der Waals surface area contributed by atoms with Crippen LogP contribution in [0.5, 0.6) is 0 Å². The van der Waals surface area contributed by atoms with Crippen molar-refractivity contribution in [1.82, 2.24) is 9.80 Å². The van der Waals surface area contributed by atoms with E-state index in [0.717, 1.165) is 12.1 Å². The number of carbonyl (C=O) groups is 1. The zero-order valence-corrected chi connectivity index (χ0v) is 10.7. The molecule has 1 saturated heterocycles. The van der Waals surface area contributed by atoms with Crippen molar-refractivity contribution in [3.05, 3.63) is 35.4 Å². The van der Waals surface area contributed by atoms with E-state index in [2.05, 4.69) is 0 Å². The summed E-state index contributed by atoms with van der Waals surface area (Å²) >= 11 is 0. The molecule has 1 aliphatic heterocycles. The molecular formula is C13H15F3N2O. The van der Waals surface area contributed by atoms with Gasteiger partial charge in [-0.2, -0.15) is 13.2 Å². The number of likely N-dealkylation sites (N-methyl/N-ethyl adjacent to an activating group) is 1. The number of alkyl halides is 3. The summed E-state index contributed by atoms with van der Waals surface area (Å²) in [6.45, 7) is 2.68. The van der Waals surface area contributed by atoms with Crippen LogP contribution in [0.15, 0.2) is 24.3 Å². The van der Waals surface area contributed by atoms with Gasteiger partial charge in [-0.15, -0.1) is 0 Å². The van der Waals surface area contributed by atoms with Gasteiger partial charge in [-0.05, 0) is 24.6 Å². The fraction of sp³-hybridized carbons (Fsp3) is 0.462. The van der Waals surface area contributed by atoms with Crippen LogP contribution in [0.4, 0.5) is 18.0 Å². The molecule has 1 aromatic carbocycles. The number of halogens is 3. The van der Waals surface area contributed by atoms with Crippen LogP contribution in [0.3, 0.4) is 0 Å². The molecule has 0 aliphatic carbocycles. The van der Waals surface area contributed by atoms with Crippen LogP contribution in [0, 0.1) is 0 Å². The molecular weight excluding hydrogens is 257 g/mol. The van der Waals surface area contributed by atoms with Crippen LogP contribution in [-0.4, -0.2) is 35.5 Å². The van der Waals surface area contributed by atoms with E-state index in [1.807, 2.05) is 6.92 Å². The van der Waals surface area contributed by atoms with Gasteiger partial charge in [0.1, 0.15) is 0 Å². The second-order valence-electron chi connectivity index (χ2n) is 4.84. The first-order chi connectivity index (χ1) is 8.79. The minimum atomic E-state index is -4.35. The Kier molecular flexibility index (Phi) is 3.43. The largest absolute Gasteiger partial charge is 0.416 e. The average molecular weight is 272 g/mol. The predicted octanol–water partition coefficient (Wildman–Crippen LogP) is 2.96. The molecule has 6 heteroatoms. The van der Waals surface area contributed by atoms with Crippen molar-refractivity contribution in [1.29, 1.82) is 0 Å². The molecule has 0 aromatic heterocycles. The number of amides is 2. The highest BCUT2D eigenvalue weighted by molar-refractivity contribution is 5.76. The highest BCUT2D eigenvalue weighted by Crippen LogP contribution is 2.30. The maximum absolute atomic E-state index is 12.6. The maximum Gasteiger partial charge on any atom is 0.416 e. The summed E-state index contributed by atoms with van der Waals surface area (Å²) in [4.78, 5) is 15.0. The van der Waals surface area contributed by atoms with E-state index in [9.17, 15) is 18.0 Å². The third-order valence-corrected chi connectivity index (χ3v) is 3.25. The Morgan fingerprint density at radius 1 is 1.37 bits per heavy atom. The molecule has 1 unspecified atom stereocenters. The lowest BCUT2D eigenvalue weighted by molar-refractivity contribution is -0.137. The monoisotopic (exact) mass is 272 g/mol. The number of urea groups is 1. The molecule has 0 saturated carbocycles. The first-order valence-electron chi connectivity index (χ1n) is 5.97. The highest BCUT2D eigenvalue weighted by atomic mass is 19.4. The number of hydrogen-bond donors (Lipinski definition) is 0. The van der Waals surface area contributed by atoms with Gasteiger partial charge in [0, 0.05) is 26.2 Å². The molecule has 2 rings (SSSR count). The van der Waals surface area contributed by atoms with Gasteiger partial charge < -0.3 is 9.80 Å². The summed E-state index contributed by atoms with van der Waals surface area (Å²) in [5, 5.41) is 0. The van der Waals surface area contributed by atoms with Crippen molar-refractivity contribution < 1.29 is 18.0 Å². The quantitative estimate of drug-likeness (QED) is 0.812. The van der Waals surface area contributed by atoms with Gasteiger partial charge in [0.15, 0.2) is 0 Å². The van der Waals surface area contributed by atoms with Gasteiger partial charge in [-0.3, -0.25) is 0 Å². The number of rotatable bonds is 2. The fourth-order valence-corrected chi connectivity index (χ4v) is 2.25. The molecule has 1 fully saturated rings. The van der Waals surface area contributed by atoms with Crippen LogP contribution in [0.2, 0.25) is 0 Å². The molecule has 1 aliphatic rings. The van der Waals surface area contributed by atoms with Crippen LogP contribution >= 0.6 is 0 Å². The maximum atomic E-state index is 12.6. The van der Waals surface area contributed by atoms with Gasteiger partial charge in [0.25, 0.3) is 0 Å². The van der Waals surface area contributed by atoms with Gasteiger partial charge in [0.2, 0.25) is 0 Å². The number of benzene rings is 1. The summed E-state index contributed by atoms with van der Waals surface area (Å²) in [7, 11) is 1.69. The van der Waals surface area contributed by atoms with Crippen molar-refractivity contribution in [2.75, 3.05) is 13.6 Å². The van der Waals surface area contributed by atoms with E-state index in [4.69, 9.17) is 0 Å². The molecule has 19 heavy (non-hydrogen) atoms. The molecule has 1 aromatic rings. The van der Waals surface area contributed by atoms with Crippen molar-refractivity contribution in [2.45, 2.75) is 25.7 Å². The van der Waals surface area contributed by atoms with Crippen molar-refractivity contribution >= 4 is 6.03 Å². The molecule has 104 valence electrons. The normalized spacial score (nSPS) is 20.3. The van der Waals surface area contributed by atoms with E-state index in [0.29, 0.717) is 12.1 Å². The van der Waals surface area contributed by atoms with E-state index in [1.54, 1.807) is 22.9 Å².